The second kappa shape index (κ2) is 3.11. The van der Waals surface area contributed by atoms with Gasteiger partial charge in [-0.3, -0.25) is 9.89 Å². The van der Waals surface area contributed by atoms with Gasteiger partial charge in [0.05, 0.1) is 6.42 Å². The van der Waals surface area contributed by atoms with Gasteiger partial charge in [-0.1, -0.05) is 0 Å². The quantitative estimate of drug-likeness (QED) is 0.539. The fraction of sp³-hybridized carbons (Fsp3) is 0.400. The van der Waals surface area contributed by atoms with Gasteiger partial charge in [-0.25, -0.2) is 4.98 Å². The van der Waals surface area contributed by atoms with E-state index in [1.54, 1.807) is 0 Å². The Morgan fingerprint density at radius 2 is 2.55 bits per heavy atom. The molecule has 6 nitrogen and oxygen atoms in total. The first kappa shape index (κ1) is 7.67. The third kappa shape index (κ3) is 2.01. The summed E-state index contributed by atoms with van der Waals surface area (Å²) in [5, 5.41) is 23.2. The predicted molar refractivity (Wildman–Crippen MR) is 33.6 cm³/mol. The molecule has 0 aliphatic carbocycles. The number of aliphatic hydroxyl groups is 1. The Bertz CT molecular complexity index is 233. The number of nitrogens with zero attached hydrogens (tertiary/aromatic N) is 2. The lowest BCUT2D eigenvalue weighted by Gasteiger charge is -2.01. The number of rotatable bonds is 3. The predicted octanol–water partition coefficient (Wildman–Crippen LogP) is -0.687. The maximum atomic E-state index is 10.1. The van der Waals surface area contributed by atoms with Crippen LogP contribution in [0.5, 0.6) is 0 Å². The van der Waals surface area contributed by atoms with E-state index in [4.69, 9.17) is 10.2 Å². The standard InChI is InChI=1S/C5H7N3O3/c9-3(1-4(10)11)5-6-2-7-8-5/h2-3,9H,1H2,(H,10,11)(H,6,7,8). The second-order valence-corrected chi connectivity index (χ2v) is 1.98. The van der Waals surface area contributed by atoms with Gasteiger partial charge in [0.25, 0.3) is 0 Å². The van der Waals surface area contributed by atoms with Gasteiger partial charge in [-0.05, 0) is 0 Å². The Balaban J connectivity index is 2.56. The Labute approximate surface area is 61.9 Å². The van der Waals surface area contributed by atoms with Crippen LogP contribution < -0.4 is 0 Å². The molecule has 60 valence electrons. The zero-order chi connectivity index (χ0) is 8.27. The number of carbonyl (C=O) groups is 1. The molecule has 1 heterocycles. The van der Waals surface area contributed by atoms with Crippen LogP contribution in [0.1, 0.15) is 18.3 Å². The van der Waals surface area contributed by atoms with Crippen molar-refractivity contribution in [2.45, 2.75) is 12.5 Å². The fourth-order valence-corrected chi connectivity index (χ4v) is 0.638. The molecule has 0 amide bonds. The van der Waals surface area contributed by atoms with E-state index < -0.39 is 12.1 Å². The molecule has 0 aromatic carbocycles. The SMILES string of the molecule is O=C(O)CC(O)c1ncn[nH]1. The maximum Gasteiger partial charge on any atom is 0.306 e. The van der Waals surface area contributed by atoms with Crippen LogP contribution in [0.25, 0.3) is 0 Å². The number of carboxylic acid groups (broad SMARTS) is 1. The van der Waals surface area contributed by atoms with Crippen LogP contribution in [0.3, 0.4) is 0 Å². The Hall–Kier alpha value is -1.43. The number of aromatic nitrogens is 3. The number of aliphatic hydroxyl groups excluding tert-OH is 1. The summed E-state index contributed by atoms with van der Waals surface area (Å²) in [6, 6.07) is 0. The summed E-state index contributed by atoms with van der Waals surface area (Å²) >= 11 is 0. The fourth-order valence-electron chi connectivity index (χ4n) is 0.638. The highest BCUT2D eigenvalue weighted by molar-refractivity contribution is 5.67. The van der Waals surface area contributed by atoms with E-state index in [9.17, 15) is 4.79 Å². The third-order valence-electron chi connectivity index (χ3n) is 1.12. The van der Waals surface area contributed by atoms with E-state index in [-0.39, 0.29) is 12.2 Å². The van der Waals surface area contributed by atoms with Crippen LogP contribution in [-0.4, -0.2) is 31.4 Å². The Kier molecular flexibility index (Phi) is 2.17. The van der Waals surface area contributed by atoms with Crippen molar-refractivity contribution in [3.8, 4) is 0 Å². The molecule has 0 fully saturated rings. The number of hydrogen-bond acceptors (Lipinski definition) is 4. The van der Waals surface area contributed by atoms with Gasteiger partial charge in [0.2, 0.25) is 0 Å². The lowest BCUT2D eigenvalue weighted by Crippen LogP contribution is -2.06. The Morgan fingerprint density at radius 3 is 3.00 bits per heavy atom. The van der Waals surface area contributed by atoms with Crippen LogP contribution in [0, 0.1) is 0 Å². The molecule has 0 spiro atoms. The van der Waals surface area contributed by atoms with Crippen molar-refractivity contribution >= 4 is 5.97 Å². The molecular formula is C5H7N3O3. The maximum absolute atomic E-state index is 10.1. The summed E-state index contributed by atoms with van der Waals surface area (Å²) in [6.45, 7) is 0. The normalized spacial score (nSPS) is 12.8. The minimum atomic E-state index is -1.10. The van der Waals surface area contributed by atoms with Crippen molar-refractivity contribution in [1.82, 2.24) is 15.2 Å². The van der Waals surface area contributed by atoms with Crippen molar-refractivity contribution in [3.63, 3.8) is 0 Å². The molecule has 1 atom stereocenters. The molecule has 1 unspecified atom stereocenters. The number of aliphatic carboxylic acids is 1. The van der Waals surface area contributed by atoms with Crippen molar-refractivity contribution in [1.29, 1.82) is 0 Å². The first-order chi connectivity index (χ1) is 5.20. The van der Waals surface area contributed by atoms with Gasteiger partial charge in [-0.2, -0.15) is 5.10 Å². The molecule has 0 bridgehead atoms. The van der Waals surface area contributed by atoms with E-state index in [1.807, 2.05) is 0 Å². The number of carboxylic acids is 1. The summed E-state index contributed by atoms with van der Waals surface area (Å²) in [7, 11) is 0. The minimum Gasteiger partial charge on any atom is -0.481 e. The van der Waals surface area contributed by atoms with Crippen LogP contribution in [0.4, 0.5) is 0 Å². The van der Waals surface area contributed by atoms with Gasteiger partial charge in [0.1, 0.15) is 12.4 Å². The summed E-state index contributed by atoms with van der Waals surface area (Å²) in [5.41, 5.74) is 0. The van der Waals surface area contributed by atoms with Gasteiger partial charge in [0.15, 0.2) is 5.82 Å². The van der Waals surface area contributed by atoms with E-state index in [2.05, 4.69) is 15.2 Å². The second-order valence-electron chi connectivity index (χ2n) is 1.98. The molecule has 0 aliphatic rings. The van der Waals surface area contributed by atoms with Gasteiger partial charge in [0, 0.05) is 0 Å². The van der Waals surface area contributed by atoms with Crippen LogP contribution in [0.2, 0.25) is 0 Å². The third-order valence-corrected chi connectivity index (χ3v) is 1.12. The number of aromatic amines is 1. The van der Waals surface area contributed by atoms with E-state index >= 15 is 0 Å². The Morgan fingerprint density at radius 1 is 1.82 bits per heavy atom. The molecule has 0 saturated carbocycles. The van der Waals surface area contributed by atoms with Crippen LogP contribution in [-0.2, 0) is 4.79 Å². The highest BCUT2D eigenvalue weighted by atomic mass is 16.4. The highest BCUT2D eigenvalue weighted by Crippen LogP contribution is 2.09. The topological polar surface area (TPSA) is 99.1 Å². The number of nitrogens with one attached hydrogen (secondary N) is 1. The summed E-state index contributed by atoms with van der Waals surface area (Å²) in [6.07, 6.45) is -0.259. The van der Waals surface area contributed by atoms with Gasteiger partial charge < -0.3 is 10.2 Å². The molecule has 3 N–H and O–H groups in total. The smallest absolute Gasteiger partial charge is 0.306 e. The molecule has 6 heteroatoms. The van der Waals surface area contributed by atoms with Crippen molar-refractivity contribution in [2.24, 2.45) is 0 Å². The summed E-state index contributed by atoms with van der Waals surface area (Å²) in [5.74, 6) is -0.902. The largest absolute Gasteiger partial charge is 0.481 e. The number of hydrogen-bond donors (Lipinski definition) is 3. The zero-order valence-electron chi connectivity index (χ0n) is 5.56. The van der Waals surface area contributed by atoms with Crippen molar-refractivity contribution in [2.75, 3.05) is 0 Å². The minimum absolute atomic E-state index is 0.174. The molecule has 1 rings (SSSR count). The summed E-state index contributed by atoms with van der Waals surface area (Å²) in [4.78, 5) is 13.7. The zero-order valence-corrected chi connectivity index (χ0v) is 5.56. The first-order valence-corrected chi connectivity index (χ1v) is 2.95. The molecule has 1 aromatic heterocycles. The molecule has 0 aliphatic heterocycles. The lowest BCUT2D eigenvalue weighted by atomic mass is 10.2. The number of H-pyrrole nitrogens is 1. The van der Waals surface area contributed by atoms with Crippen LogP contribution in [0.15, 0.2) is 6.33 Å². The molecule has 0 saturated heterocycles. The van der Waals surface area contributed by atoms with Gasteiger partial charge >= 0.3 is 5.97 Å². The average molecular weight is 157 g/mol. The van der Waals surface area contributed by atoms with Crippen molar-refractivity contribution < 1.29 is 15.0 Å². The monoisotopic (exact) mass is 157 g/mol. The summed E-state index contributed by atoms with van der Waals surface area (Å²) < 4.78 is 0. The van der Waals surface area contributed by atoms with E-state index in [1.165, 1.54) is 6.33 Å². The molecular weight excluding hydrogens is 150 g/mol. The van der Waals surface area contributed by atoms with E-state index in [0.717, 1.165) is 0 Å². The average Bonchev–Trinajstić information content (AvgIpc) is 2.35. The molecule has 0 radical (unpaired) electrons. The highest BCUT2D eigenvalue weighted by Gasteiger charge is 2.13. The van der Waals surface area contributed by atoms with Gasteiger partial charge in [-0.15, -0.1) is 0 Å². The van der Waals surface area contributed by atoms with Crippen LogP contribution >= 0.6 is 0 Å². The lowest BCUT2D eigenvalue weighted by molar-refractivity contribution is -0.139. The first-order valence-electron chi connectivity index (χ1n) is 2.95. The molecule has 1 aromatic rings. The van der Waals surface area contributed by atoms with E-state index in [0.29, 0.717) is 0 Å². The van der Waals surface area contributed by atoms with Crippen molar-refractivity contribution in [3.05, 3.63) is 12.2 Å². The molecule has 11 heavy (non-hydrogen) atoms.